The molecule has 0 spiro atoms. The van der Waals surface area contributed by atoms with Gasteiger partial charge in [-0.15, -0.1) is 0 Å². The molecular weight excluding hydrogens is 510 g/mol. The normalized spacial score (nSPS) is 12.8. The molecule has 0 aliphatic carbocycles. The molecule has 9 nitrogen and oxygen atoms in total. The Balaban J connectivity index is 3.43. The summed E-state index contributed by atoms with van der Waals surface area (Å²) in [6.07, 6.45) is 5.72. The SMILES string of the molecule is CCCCCCCCN(C(=O)C(CC(C)C)NC(=O)OC(C)(C)C)C(C(=O)NCC(=O)OC)c1ccc(C)cc1. The Morgan fingerprint density at radius 3 is 2.10 bits per heavy atom. The van der Waals surface area contributed by atoms with Crippen LogP contribution in [0.4, 0.5) is 4.79 Å². The van der Waals surface area contributed by atoms with Crippen LogP contribution in [-0.4, -0.2) is 60.6 Å². The van der Waals surface area contributed by atoms with Crippen LogP contribution in [0.1, 0.15) is 104 Å². The van der Waals surface area contributed by atoms with Gasteiger partial charge >= 0.3 is 12.1 Å². The van der Waals surface area contributed by atoms with E-state index in [1.807, 2.05) is 45.0 Å². The van der Waals surface area contributed by atoms with Crippen molar-refractivity contribution in [3.8, 4) is 0 Å². The van der Waals surface area contributed by atoms with Crippen LogP contribution in [0.2, 0.25) is 0 Å². The molecule has 1 rings (SSSR count). The van der Waals surface area contributed by atoms with Gasteiger partial charge in [0.2, 0.25) is 11.8 Å². The zero-order valence-electron chi connectivity index (χ0n) is 25.8. The van der Waals surface area contributed by atoms with E-state index in [1.54, 1.807) is 25.7 Å². The molecule has 0 aromatic heterocycles. The molecule has 0 saturated carbocycles. The van der Waals surface area contributed by atoms with E-state index in [1.165, 1.54) is 7.11 Å². The molecule has 2 unspecified atom stereocenters. The minimum atomic E-state index is -0.997. The number of methoxy groups -OCH3 is 1. The van der Waals surface area contributed by atoms with Crippen molar-refractivity contribution in [1.29, 1.82) is 0 Å². The van der Waals surface area contributed by atoms with Crippen molar-refractivity contribution in [1.82, 2.24) is 15.5 Å². The molecule has 3 amide bonds. The summed E-state index contributed by atoms with van der Waals surface area (Å²) >= 11 is 0. The lowest BCUT2D eigenvalue weighted by molar-refractivity contribution is -0.145. The van der Waals surface area contributed by atoms with Gasteiger partial charge in [-0.2, -0.15) is 0 Å². The van der Waals surface area contributed by atoms with E-state index < -0.39 is 35.7 Å². The molecule has 0 heterocycles. The maximum Gasteiger partial charge on any atom is 0.408 e. The largest absolute Gasteiger partial charge is 0.468 e. The number of nitrogens with one attached hydrogen (secondary N) is 2. The zero-order valence-corrected chi connectivity index (χ0v) is 25.8. The van der Waals surface area contributed by atoms with Crippen LogP contribution in [-0.2, 0) is 23.9 Å². The minimum absolute atomic E-state index is 0.0887. The summed E-state index contributed by atoms with van der Waals surface area (Å²) < 4.78 is 10.1. The summed E-state index contributed by atoms with van der Waals surface area (Å²) in [5, 5.41) is 5.39. The highest BCUT2D eigenvalue weighted by Crippen LogP contribution is 2.25. The first-order valence-corrected chi connectivity index (χ1v) is 14.5. The summed E-state index contributed by atoms with van der Waals surface area (Å²) in [5.74, 6) is -1.36. The second-order valence-electron chi connectivity index (χ2n) is 11.7. The number of alkyl carbamates (subject to hydrolysis) is 1. The standard InChI is InChI=1S/C31H51N3O6/c1-9-10-11-12-13-14-19-34(29(37)25(20-22(2)3)33-30(38)40-31(5,6)7)27(24-17-15-23(4)16-18-24)28(36)32-21-26(35)39-8/h15-18,22,25,27H,9-14,19-21H2,1-8H3,(H,32,36)(H,33,38). The van der Waals surface area contributed by atoms with Crippen molar-refractivity contribution < 1.29 is 28.7 Å². The van der Waals surface area contributed by atoms with Crippen LogP contribution in [0.15, 0.2) is 24.3 Å². The highest BCUT2D eigenvalue weighted by Gasteiger charge is 2.36. The number of rotatable bonds is 16. The lowest BCUT2D eigenvalue weighted by atomic mass is 9.98. The topological polar surface area (TPSA) is 114 Å². The quantitative estimate of drug-likeness (QED) is 0.205. The van der Waals surface area contributed by atoms with Crippen molar-refractivity contribution in [3.63, 3.8) is 0 Å². The molecule has 1 aromatic carbocycles. The van der Waals surface area contributed by atoms with Crippen molar-refractivity contribution in [3.05, 3.63) is 35.4 Å². The number of esters is 1. The van der Waals surface area contributed by atoms with Crippen LogP contribution < -0.4 is 10.6 Å². The third-order valence-electron chi connectivity index (χ3n) is 6.32. The first-order chi connectivity index (χ1) is 18.8. The van der Waals surface area contributed by atoms with Crippen LogP contribution in [0.5, 0.6) is 0 Å². The summed E-state index contributed by atoms with van der Waals surface area (Å²) in [7, 11) is 1.25. The molecule has 0 saturated heterocycles. The van der Waals surface area contributed by atoms with Gasteiger partial charge in [0.15, 0.2) is 0 Å². The number of carbonyl (C=O) groups excluding carboxylic acids is 4. The zero-order chi connectivity index (χ0) is 30.3. The maximum absolute atomic E-state index is 14.2. The third-order valence-corrected chi connectivity index (χ3v) is 6.32. The van der Waals surface area contributed by atoms with Gasteiger partial charge in [0.25, 0.3) is 0 Å². The first kappa shape index (κ1) is 34.9. The molecule has 0 radical (unpaired) electrons. The van der Waals surface area contributed by atoms with Gasteiger partial charge in [-0.05, 0) is 52.0 Å². The van der Waals surface area contributed by atoms with Gasteiger partial charge in [0.05, 0.1) is 7.11 Å². The molecule has 0 bridgehead atoms. The molecule has 2 atom stereocenters. The number of hydrogen-bond acceptors (Lipinski definition) is 6. The van der Waals surface area contributed by atoms with Gasteiger partial charge in [-0.25, -0.2) is 4.79 Å². The van der Waals surface area contributed by atoms with E-state index in [9.17, 15) is 19.2 Å². The van der Waals surface area contributed by atoms with Crippen LogP contribution in [0.25, 0.3) is 0 Å². The Labute approximate surface area is 240 Å². The number of unbranched alkanes of at least 4 members (excludes halogenated alkanes) is 5. The lowest BCUT2D eigenvalue weighted by Crippen LogP contribution is -2.54. The van der Waals surface area contributed by atoms with Gasteiger partial charge in [-0.1, -0.05) is 82.7 Å². The van der Waals surface area contributed by atoms with Crippen LogP contribution >= 0.6 is 0 Å². The number of benzene rings is 1. The lowest BCUT2D eigenvalue weighted by Gasteiger charge is -2.35. The van der Waals surface area contributed by atoms with E-state index >= 15 is 0 Å². The summed E-state index contributed by atoms with van der Waals surface area (Å²) in [6.45, 7) is 13.3. The highest BCUT2D eigenvalue weighted by atomic mass is 16.6. The van der Waals surface area contributed by atoms with E-state index in [2.05, 4.69) is 17.6 Å². The van der Waals surface area contributed by atoms with Crippen molar-refractivity contribution >= 4 is 23.9 Å². The first-order valence-electron chi connectivity index (χ1n) is 14.5. The van der Waals surface area contributed by atoms with Gasteiger partial charge < -0.3 is 25.0 Å². The van der Waals surface area contributed by atoms with Crippen molar-refractivity contribution in [2.75, 3.05) is 20.2 Å². The Morgan fingerprint density at radius 2 is 1.55 bits per heavy atom. The number of nitrogens with zero attached hydrogens (tertiary/aromatic N) is 1. The number of amides is 3. The summed E-state index contributed by atoms with van der Waals surface area (Å²) in [6, 6.07) is 5.51. The number of hydrogen-bond donors (Lipinski definition) is 2. The monoisotopic (exact) mass is 561 g/mol. The molecule has 0 aliphatic heterocycles. The van der Waals surface area contributed by atoms with E-state index in [0.29, 0.717) is 24.9 Å². The average molecular weight is 562 g/mol. The van der Waals surface area contributed by atoms with Crippen LogP contribution in [0.3, 0.4) is 0 Å². The van der Waals surface area contributed by atoms with Crippen molar-refractivity contribution in [2.45, 2.75) is 111 Å². The summed E-state index contributed by atoms with van der Waals surface area (Å²) in [5.41, 5.74) is 0.898. The predicted octanol–water partition coefficient (Wildman–Crippen LogP) is 5.45. The molecule has 9 heteroatoms. The minimum Gasteiger partial charge on any atom is -0.468 e. The van der Waals surface area contributed by atoms with Crippen molar-refractivity contribution in [2.24, 2.45) is 5.92 Å². The molecule has 226 valence electrons. The third kappa shape index (κ3) is 13.3. The van der Waals surface area contributed by atoms with Gasteiger partial charge in [0.1, 0.15) is 24.2 Å². The van der Waals surface area contributed by atoms with Gasteiger partial charge in [0, 0.05) is 6.54 Å². The Kier molecular flexibility index (Phi) is 15.3. The fourth-order valence-corrected chi connectivity index (χ4v) is 4.32. The molecule has 1 aromatic rings. The number of carbonyl (C=O) groups is 4. The molecule has 0 fully saturated rings. The second-order valence-corrected chi connectivity index (χ2v) is 11.7. The molecule has 2 N–H and O–H groups in total. The van der Waals surface area contributed by atoms with E-state index in [0.717, 1.165) is 37.7 Å². The van der Waals surface area contributed by atoms with Crippen LogP contribution in [0, 0.1) is 12.8 Å². The molecular formula is C31H51N3O6. The fraction of sp³-hybridized carbons (Fsp3) is 0.677. The van der Waals surface area contributed by atoms with E-state index in [4.69, 9.17) is 9.47 Å². The Morgan fingerprint density at radius 1 is 0.950 bits per heavy atom. The number of ether oxygens (including phenoxy) is 2. The fourth-order valence-electron chi connectivity index (χ4n) is 4.32. The maximum atomic E-state index is 14.2. The smallest absolute Gasteiger partial charge is 0.408 e. The molecule has 0 aliphatic rings. The summed E-state index contributed by atoms with van der Waals surface area (Å²) in [4.78, 5) is 53.9. The highest BCUT2D eigenvalue weighted by molar-refractivity contribution is 5.93. The van der Waals surface area contributed by atoms with Gasteiger partial charge in [-0.3, -0.25) is 14.4 Å². The average Bonchev–Trinajstić information content (AvgIpc) is 2.87. The molecule has 40 heavy (non-hydrogen) atoms. The van der Waals surface area contributed by atoms with E-state index in [-0.39, 0.29) is 18.4 Å². The predicted molar refractivity (Wildman–Crippen MR) is 157 cm³/mol. The Bertz CT molecular complexity index is 939. The Hall–Kier alpha value is -3.10. The second kappa shape index (κ2) is 17.6. The number of aryl methyl sites for hydroxylation is 1.